The first-order chi connectivity index (χ1) is 15.4. The Kier molecular flexibility index (Phi) is 6.01. The number of rotatable bonds is 9. The second-order valence-electron chi connectivity index (χ2n) is 9.98. The molecule has 1 aliphatic heterocycles. The van der Waals surface area contributed by atoms with Crippen molar-refractivity contribution in [1.29, 1.82) is 0 Å². The minimum absolute atomic E-state index is 0.159. The van der Waals surface area contributed by atoms with Gasteiger partial charge < -0.3 is 14.2 Å². The molecule has 1 saturated heterocycles. The summed E-state index contributed by atoms with van der Waals surface area (Å²) in [6.07, 6.45) is 5.17. The third-order valence-electron chi connectivity index (χ3n) is 7.16. The highest BCUT2D eigenvalue weighted by Gasteiger charge is 2.44. The minimum Gasteiger partial charge on any atom is -0.376 e. The van der Waals surface area contributed by atoms with Crippen molar-refractivity contribution in [2.75, 3.05) is 24.6 Å². The lowest BCUT2D eigenvalue weighted by atomic mass is 9.91. The van der Waals surface area contributed by atoms with E-state index in [0.29, 0.717) is 23.4 Å². The number of sulfone groups is 1. The smallest absolute Gasteiger partial charge is 0.324 e. The predicted molar refractivity (Wildman–Crippen MR) is 121 cm³/mol. The van der Waals surface area contributed by atoms with Crippen LogP contribution in [-0.2, 0) is 21.2 Å². The Morgan fingerprint density at radius 2 is 1.84 bits per heavy atom. The van der Waals surface area contributed by atoms with Crippen molar-refractivity contribution in [2.45, 2.75) is 68.6 Å². The number of hydrogen-bond donors (Lipinski definition) is 0. The monoisotopic (exact) mass is 459 g/mol. The summed E-state index contributed by atoms with van der Waals surface area (Å²) in [4.78, 5) is 7.19. The van der Waals surface area contributed by atoms with Crippen LogP contribution in [0.2, 0.25) is 0 Å². The van der Waals surface area contributed by atoms with Gasteiger partial charge in [0.05, 0.1) is 23.4 Å². The van der Waals surface area contributed by atoms with Crippen molar-refractivity contribution >= 4 is 15.9 Å². The lowest BCUT2D eigenvalue weighted by Crippen LogP contribution is -2.34. The van der Waals surface area contributed by atoms with E-state index < -0.39 is 9.84 Å². The van der Waals surface area contributed by atoms with E-state index in [-0.39, 0.29) is 11.2 Å². The average molecular weight is 460 g/mol. The van der Waals surface area contributed by atoms with Gasteiger partial charge in [-0.25, -0.2) is 8.42 Å². The Bertz CT molecular complexity index is 1020. The van der Waals surface area contributed by atoms with Gasteiger partial charge >= 0.3 is 6.01 Å². The topological polar surface area (TPSA) is 85.5 Å². The van der Waals surface area contributed by atoms with E-state index in [4.69, 9.17) is 9.26 Å². The maximum Gasteiger partial charge on any atom is 0.324 e. The molecule has 0 spiro atoms. The molecule has 0 amide bonds. The molecular formula is C24H33N3O4S. The van der Waals surface area contributed by atoms with Crippen LogP contribution < -0.4 is 4.90 Å². The number of ether oxygens (including phenoxy) is 1. The highest BCUT2D eigenvalue weighted by atomic mass is 32.2. The fourth-order valence-electron chi connectivity index (χ4n) is 4.82. The summed E-state index contributed by atoms with van der Waals surface area (Å²) in [7, 11) is -3.11. The van der Waals surface area contributed by atoms with Gasteiger partial charge in [0.25, 0.3) is 0 Å². The number of nitrogens with zero attached hydrogens (tertiary/aromatic N) is 3. The number of hydrogen-bond acceptors (Lipinski definition) is 7. The molecule has 8 heteroatoms. The Morgan fingerprint density at radius 1 is 1.12 bits per heavy atom. The first-order valence-electron chi connectivity index (χ1n) is 11.9. The second kappa shape index (κ2) is 8.78. The third-order valence-corrected chi connectivity index (χ3v) is 9.43. The molecule has 3 fully saturated rings. The maximum atomic E-state index is 12.3. The molecule has 7 nitrogen and oxygen atoms in total. The molecule has 1 aromatic carbocycles. The summed E-state index contributed by atoms with van der Waals surface area (Å²) in [5.74, 6) is 3.22. The zero-order valence-corrected chi connectivity index (χ0v) is 19.8. The molecule has 2 atom stereocenters. The van der Waals surface area contributed by atoms with Crippen LogP contribution in [0.5, 0.6) is 0 Å². The molecular weight excluding hydrogens is 426 g/mol. The van der Waals surface area contributed by atoms with Crippen molar-refractivity contribution in [3.8, 4) is 0 Å². The Hall–Kier alpha value is -1.93. The molecule has 1 aromatic heterocycles. The fraction of sp³-hybridized carbons (Fsp3) is 0.667. The van der Waals surface area contributed by atoms with Crippen LogP contribution in [0.4, 0.5) is 6.01 Å². The molecule has 3 aliphatic rings. The second-order valence-corrected chi connectivity index (χ2v) is 12.2. The maximum absolute atomic E-state index is 12.3. The first-order valence-corrected chi connectivity index (χ1v) is 13.5. The van der Waals surface area contributed by atoms with E-state index in [1.165, 1.54) is 6.42 Å². The standard InChI is InChI=1S/C24H33N3O4S/c1-16(2)23-25-24(31-26-23)27-11-9-18(10-12-27)22-13-19(22)15-30-14-17-3-5-20(6-4-17)32(28,29)21-7-8-21/h3-6,16,18-19,21-22H,7-15H2,1-2H3/t19-,22+/m0/s1. The van der Waals surface area contributed by atoms with E-state index >= 15 is 0 Å². The Morgan fingerprint density at radius 3 is 2.47 bits per heavy atom. The van der Waals surface area contributed by atoms with Crippen molar-refractivity contribution in [3.05, 3.63) is 35.7 Å². The van der Waals surface area contributed by atoms with Gasteiger partial charge in [-0.2, -0.15) is 4.98 Å². The van der Waals surface area contributed by atoms with Crippen molar-refractivity contribution in [1.82, 2.24) is 10.1 Å². The zero-order valence-electron chi connectivity index (χ0n) is 18.9. The summed E-state index contributed by atoms with van der Waals surface area (Å²) >= 11 is 0. The Balaban J connectivity index is 1.03. The van der Waals surface area contributed by atoms with E-state index in [1.807, 2.05) is 12.1 Å². The van der Waals surface area contributed by atoms with Gasteiger partial charge in [-0.1, -0.05) is 31.1 Å². The minimum atomic E-state index is -3.11. The molecule has 2 aliphatic carbocycles. The lowest BCUT2D eigenvalue weighted by Gasteiger charge is -2.30. The highest BCUT2D eigenvalue weighted by Crippen LogP contribution is 2.48. The Labute approximate surface area is 190 Å². The molecule has 2 saturated carbocycles. The van der Waals surface area contributed by atoms with E-state index in [0.717, 1.165) is 68.6 Å². The van der Waals surface area contributed by atoms with Crippen LogP contribution in [0.1, 0.15) is 63.3 Å². The van der Waals surface area contributed by atoms with Crippen LogP contribution in [0, 0.1) is 17.8 Å². The van der Waals surface area contributed by atoms with E-state index in [1.54, 1.807) is 12.1 Å². The predicted octanol–water partition coefficient (Wildman–Crippen LogP) is 4.20. The summed E-state index contributed by atoms with van der Waals surface area (Å²) in [6.45, 7) is 7.43. The fourth-order valence-corrected chi connectivity index (χ4v) is 6.48. The van der Waals surface area contributed by atoms with Gasteiger partial charge in [-0.15, -0.1) is 0 Å². The van der Waals surface area contributed by atoms with E-state index in [2.05, 4.69) is 28.9 Å². The molecule has 0 bridgehead atoms. The van der Waals surface area contributed by atoms with Crippen molar-refractivity contribution < 1.29 is 17.7 Å². The largest absolute Gasteiger partial charge is 0.376 e. The van der Waals surface area contributed by atoms with E-state index in [9.17, 15) is 8.42 Å². The number of anilines is 1. The summed E-state index contributed by atoms with van der Waals surface area (Å²) in [6, 6.07) is 7.90. The molecule has 0 unspecified atom stereocenters. The summed E-state index contributed by atoms with van der Waals surface area (Å²) in [5.41, 5.74) is 1.03. The van der Waals surface area contributed by atoms with Crippen molar-refractivity contribution in [3.63, 3.8) is 0 Å². The molecule has 0 radical (unpaired) electrons. The average Bonchev–Trinajstić information content (AvgIpc) is 3.72. The van der Waals surface area contributed by atoms with Gasteiger partial charge in [0.1, 0.15) is 0 Å². The third kappa shape index (κ3) is 4.71. The summed E-state index contributed by atoms with van der Waals surface area (Å²) in [5, 5.41) is 3.92. The van der Waals surface area contributed by atoms with Crippen LogP contribution in [0.3, 0.4) is 0 Å². The zero-order chi connectivity index (χ0) is 22.3. The number of aromatic nitrogens is 2. The molecule has 2 heterocycles. The molecule has 5 rings (SSSR count). The highest BCUT2D eigenvalue weighted by molar-refractivity contribution is 7.92. The molecule has 32 heavy (non-hydrogen) atoms. The van der Waals surface area contributed by atoms with Gasteiger partial charge in [0.15, 0.2) is 15.7 Å². The SMILES string of the molecule is CC(C)c1noc(N2CCC([C@H]3C[C@H]3COCc3ccc(S(=O)(=O)C4CC4)cc3)CC2)n1. The van der Waals surface area contributed by atoms with Crippen molar-refractivity contribution in [2.24, 2.45) is 17.8 Å². The first kappa shape index (κ1) is 21.9. The van der Waals surface area contributed by atoms with Crippen LogP contribution >= 0.6 is 0 Å². The van der Waals surface area contributed by atoms with Crippen LogP contribution in [0.25, 0.3) is 0 Å². The number of benzene rings is 1. The lowest BCUT2D eigenvalue weighted by molar-refractivity contribution is 0.104. The van der Waals surface area contributed by atoms with Gasteiger partial charge in [-0.3, -0.25) is 0 Å². The summed E-state index contributed by atoms with van der Waals surface area (Å²) < 4.78 is 36.0. The van der Waals surface area contributed by atoms with Gasteiger partial charge in [0.2, 0.25) is 0 Å². The van der Waals surface area contributed by atoms with Gasteiger partial charge in [0, 0.05) is 19.0 Å². The van der Waals surface area contributed by atoms with Gasteiger partial charge in [-0.05, 0) is 67.6 Å². The van der Waals surface area contributed by atoms with Crippen LogP contribution in [0.15, 0.2) is 33.7 Å². The van der Waals surface area contributed by atoms with Crippen LogP contribution in [-0.4, -0.2) is 43.5 Å². The quantitative estimate of drug-likeness (QED) is 0.555. The molecule has 2 aromatic rings. The molecule has 0 N–H and O–H groups in total. The molecule has 174 valence electrons. The number of piperidine rings is 1. The normalized spacial score (nSPS) is 24.3.